The van der Waals surface area contributed by atoms with Crippen LogP contribution in [-0.2, 0) is 5.41 Å². The molecule has 0 saturated carbocycles. The SMILES string of the molecule is CC1(C)C(c2ccc(N(c3ccc(-c4cccc5c4sc4ccccc45)cc3)c3ccc(-c4cccc5c4sc4ccccc45)cc3)cc2)=Cc2ccccc21. The number of rotatable bonds is 6. The number of allylic oxidation sites excluding steroid dienone is 1. The Labute approximate surface area is 335 Å². The fourth-order valence-corrected chi connectivity index (χ4v) is 11.4. The van der Waals surface area contributed by atoms with E-state index in [-0.39, 0.29) is 5.41 Å². The molecule has 1 aliphatic rings. The number of hydrogen-bond donors (Lipinski definition) is 0. The van der Waals surface area contributed by atoms with Gasteiger partial charge in [0.1, 0.15) is 0 Å². The molecule has 266 valence electrons. The van der Waals surface area contributed by atoms with Crippen LogP contribution in [0.25, 0.3) is 74.2 Å². The average Bonchev–Trinajstić information content (AvgIpc) is 3.91. The summed E-state index contributed by atoms with van der Waals surface area (Å²) in [5.74, 6) is 0. The molecular weight excluding hydrogens is 715 g/mol. The molecule has 1 aliphatic carbocycles. The van der Waals surface area contributed by atoms with E-state index in [2.05, 4.69) is 207 Å². The van der Waals surface area contributed by atoms with E-state index in [4.69, 9.17) is 0 Å². The van der Waals surface area contributed by atoms with Crippen LogP contribution in [0.2, 0.25) is 0 Å². The Bertz CT molecular complexity index is 2980. The first kappa shape index (κ1) is 33.1. The maximum atomic E-state index is 2.39. The van der Waals surface area contributed by atoms with E-state index >= 15 is 0 Å². The van der Waals surface area contributed by atoms with E-state index in [9.17, 15) is 0 Å². The predicted molar refractivity (Wildman–Crippen MR) is 245 cm³/mol. The zero-order valence-electron chi connectivity index (χ0n) is 31.2. The van der Waals surface area contributed by atoms with Crippen LogP contribution in [0.4, 0.5) is 17.1 Å². The highest BCUT2D eigenvalue weighted by molar-refractivity contribution is 7.26. The fourth-order valence-electron chi connectivity index (χ4n) is 8.88. The molecular formula is C53H37NS2. The summed E-state index contributed by atoms with van der Waals surface area (Å²) < 4.78 is 5.33. The zero-order valence-corrected chi connectivity index (χ0v) is 32.8. The summed E-state index contributed by atoms with van der Waals surface area (Å²) in [4.78, 5) is 2.39. The van der Waals surface area contributed by atoms with Gasteiger partial charge in [-0.1, -0.05) is 147 Å². The number of fused-ring (bicyclic) bond motifs is 7. The molecule has 0 spiro atoms. The normalized spacial score (nSPS) is 13.4. The predicted octanol–water partition coefficient (Wildman–Crippen LogP) is 16.1. The minimum Gasteiger partial charge on any atom is -0.311 e. The zero-order chi connectivity index (χ0) is 37.4. The van der Waals surface area contributed by atoms with Crippen LogP contribution in [-0.4, -0.2) is 0 Å². The highest BCUT2D eigenvalue weighted by Crippen LogP contribution is 2.48. The van der Waals surface area contributed by atoms with Crippen molar-refractivity contribution in [3.8, 4) is 22.3 Å². The lowest BCUT2D eigenvalue weighted by molar-refractivity contribution is 0.704. The highest BCUT2D eigenvalue weighted by atomic mass is 32.1. The third kappa shape index (κ3) is 5.27. The van der Waals surface area contributed by atoms with Gasteiger partial charge in [-0.2, -0.15) is 0 Å². The lowest BCUT2D eigenvalue weighted by atomic mass is 9.78. The lowest BCUT2D eigenvalue weighted by Crippen LogP contribution is -2.16. The first-order chi connectivity index (χ1) is 27.5. The number of thiophene rings is 2. The second-order valence-electron chi connectivity index (χ2n) is 15.3. The van der Waals surface area contributed by atoms with Gasteiger partial charge in [-0.05, 0) is 99.1 Å². The average molecular weight is 752 g/mol. The Hall–Kier alpha value is -6.26. The van der Waals surface area contributed by atoms with Crippen LogP contribution in [0.3, 0.4) is 0 Å². The van der Waals surface area contributed by atoms with Crippen LogP contribution in [0.5, 0.6) is 0 Å². The number of nitrogens with zero attached hydrogens (tertiary/aromatic N) is 1. The number of anilines is 3. The number of hydrogen-bond acceptors (Lipinski definition) is 3. The molecule has 11 rings (SSSR count). The summed E-state index contributed by atoms with van der Waals surface area (Å²) in [5.41, 5.74) is 13.6. The molecule has 0 N–H and O–H groups in total. The second kappa shape index (κ2) is 12.9. The van der Waals surface area contributed by atoms with Crippen molar-refractivity contribution in [3.05, 3.63) is 199 Å². The lowest BCUT2D eigenvalue weighted by Gasteiger charge is -2.28. The summed E-state index contributed by atoms with van der Waals surface area (Å²) >= 11 is 3.76. The van der Waals surface area contributed by atoms with Crippen molar-refractivity contribution in [1.29, 1.82) is 0 Å². The molecule has 0 bridgehead atoms. The van der Waals surface area contributed by atoms with Gasteiger partial charge in [0.05, 0.1) is 0 Å². The van der Waals surface area contributed by atoms with Crippen molar-refractivity contribution in [3.63, 3.8) is 0 Å². The Morgan fingerprint density at radius 2 is 0.821 bits per heavy atom. The molecule has 0 saturated heterocycles. The summed E-state index contributed by atoms with van der Waals surface area (Å²) in [6.07, 6.45) is 2.37. The molecule has 56 heavy (non-hydrogen) atoms. The van der Waals surface area contributed by atoms with Crippen LogP contribution in [0.15, 0.2) is 182 Å². The van der Waals surface area contributed by atoms with Crippen molar-refractivity contribution < 1.29 is 0 Å². The topological polar surface area (TPSA) is 3.24 Å². The molecule has 2 aromatic heterocycles. The van der Waals surface area contributed by atoms with E-state index < -0.39 is 0 Å². The smallest absolute Gasteiger partial charge is 0.0462 e. The maximum absolute atomic E-state index is 2.39. The van der Waals surface area contributed by atoms with Crippen LogP contribution >= 0.6 is 22.7 Å². The summed E-state index contributed by atoms with van der Waals surface area (Å²) in [5, 5.41) is 5.30. The molecule has 0 unspecified atom stereocenters. The third-order valence-corrected chi connectivity index (χ3v) is 14.2. The summed E-state index contributed by atoms with van der Waals surface area (Å²) in [7, 11) is 0. The largest absolute Gasteiger partial charge is 0.311 e. The summed E-state index contributed by atoms with van der Waals surface area (Å²) in [6.45, 7) is 4.68. The fraction of sp³-hybridized carbons (Fsp3) is 0.0566. The van der Waals surface area contributed by atoms with E-state index in [1.165, 1.54) is 84.9 Å². The van der Waals surface area contributed by atoms with Gasteiger partial charge in [0, 0.05) is 62.8 Å². The second-order valence-corrected chi connectivity index (χ2v) is 17.4. The molecule has 8 aromatic carbocycles. The molecule has 1 nitrogen and oxygen atoms in total. The number of benzene rings is 8. The minimum atomic E-state index is -0.0575. The standard InChI is InChI=1S/C53H37NS2/c1-53(2)47-18-6-3-11-37(47)33-48(53)36-25-31-40(32-26-36)54(38-27-21-34(22-28-38)41-14-9-16-45-43-12-4-7-19-49(43)55-51(41)45)39-29-23-35(24-30-39)42-15-10-17-46-44-13-5-8-20-50(44)56-52(42)46/h3-33H,1-2H3. The third-order valence-electron chi connectivity index (χ3n) is 11.7. The monoisotopic (exact) mass is 751 g/mol. The van der Waals surface area contributed by atoms with Crippen LogP contribution in [0.1, 0.15) is 30.5 Å². The summed E-state index contributed by atoms with van der Waals surface area (Å²) in [6, 6.07) is 67.1. The van der Waals surface area contributed by atoms with Gasteiger partial charge < -0.3 is 4.90 Å². The molecule has 3 heteroatoms. The Kier molecular flexibility index (Phi) is 7.64. The molecule has 0 aliphatic heterocycles. The van der Waals surface area contributed by atoms with Crippen molar-refractivity contribution in [1.82, 2.24) is 0 Å². The van der Waals surface area contributed by atoms with Crippen molar-refractivity contribution >= 4 is 91.7 Å². The van der Waals surface area contributed by atoms with Gasteiger partial charge in [0.2, 0.25) is 0 Å². The first-order valence-electron chi connectivity index (χ1n) is 19.2. The van der Waals surface area contributed by atoms with Crippen molar-refractivity contribution in [2.24, 2.45) is 0 Å². The maximum Gasteiger partial charge on any atom is 0.0462 e. The van der Waals surface area contributed by atoms with Gasteiger partial charge in [-0.15, -0.1) is 22.7 Å². The van der Waals surface area contributed by atoms with Crippen molar-refractivity contribution in [2.75, 3.05) is 4.90 Å². The van der Waals surface area contributed by atoms with Crippen molar-refractivity contribution in [2.45, 2.75) is 19.3 Å². The highest BCUT2D eigenvalue weighted by Gasteiger charge is 2.33. The van der Waals surface area contributed by atoms with E-state index in [1.54, 1.807) is 0 Å². The Balaban J connectivity index is 0.996. The van der Waals surface area contributed by atoms with E-state index in [1.807, 2.05) is 22.7 Å². The molecule has 2 heterocycles. The van der Waals surface area contributed by atoms with Gasteiger partial charge in [-0.3, -0.25) is 0 Å². The van der Waals surface area contributed by atoms with E-state index in [0.29, 0.717) is 0 Å². The molecule has 10 aromatic rings. The van der Waals surface area contributed by atoms with Gasteiger partial charge in [0.15, 0.2) is 0 Å². The van der Waals surface area contributed by atoms with Gasteiger partial charge in [-0.25, -0.2) is 0 Å². The Morgan fingerprint density at radius 3 is 1.32 bits per heavy atom. The van der Waals surface area contributed by atoms with Crippen LogP contribution in [0, 0.1) is 0 Å². The quantitative estimate of drug-likeness (QED) is 0.164. The van der Waals surface area contributed by atoms with Gasteiger partial charge in [0.25, 0.3) is 0 Å². The first-order valence-corrected chi connectivity index (χ1v) is 20.9. The van der Waals surface area contributed by atoms with E-state index in [0.717, 1.165) is 17.1 Å². The molecule has 0 amide bonds. The Morgan fingerprint density at radius 1 is 0.393 bits per heavy atom. The van der Waals surface area contributed by atoms with Crippen LogP contribution < -0.4 is 4.90 Å². The molecule has 0 radical (unpaired) electrons. The minimum absolute atomic E-state index is 0.0575. The van der Waals surface area contributed by atoms with Gasteiger partial charge >= 0.3 is 0 Å². The molecule has 0 atom stereocenters. The molecule has 0 fully saturated rings.